The fraction of sp³-hybridized carbons (Fsp3) is 0.545. The number of hydrogen-bond donors (Lipinski definition) is 0. The third-order valence-electron chi connectivity index (χ3n) is 5.11. The van der Waals surface area contributed by atoms with Gasteiger partial charge in [0.25, 0.3) is 0 Å². The van der Waals surface area contributed by atoms with Gasteiger partial charge in [-0.3, -0.25) is 0 Å². The second kappa shape index (κ2) is 9.27. The zero-order valence-corrected chi connectivity index (χ0v) is 17.0. The van der Waals surface area contributed by atoms with Crippen molar-refractivity contribution < 1.29 is 0 Å². The molecule has 2 aromatic rings. The smallest absolute Gasteiger partial charge is 0.0114 e. The maximum atomic E-state index is 2.31. The van der Waals surface area contributed by atoms with Gasteiger partial charge in [-0.25, -0.2) is 0 Å². The van der Waals surface area contributed by atoms with E-state index in [-0.39, 0.29) is 0 Å². The molecule has 0 saturated heterocycles. The molecular formula is C22H34S. The van der Waals surface area contributed by atoms with Crippen LogP contribution in [0.5, 0.6) is 0 Å². The Labute approximate surface area is 148 Å². The van der Waals surface area contributed by atoms with Crippen molar-refractivity contribution in [2.75, 3.05) is 0 Å². The number of thiophene rings is 1. The highest BCUT2D eigenvalue weighted by Crippen LogP contribution is 2.48. The summed E-state index contributed by atoms with van der Waals surface area (Å²) in [6.07, 6.45) is 0. The second-order valence-corrected chi connectivity index (χ2v) is 6.97. The first-order valence-corrected chi connectivity index (χ1v) is 10.1. The quantitative estimate of drug-likeness (QED) is 0.460. The molecule has 0 saturated carbocycles. The van der Waals surface area contributed by atoms with Crippen LogP contribution in [0.25, 0.3) is 0 Å². The Morgan fingerprint density at radius 3 is 1.48 bits per heavy atom. The van der Waals surface area contributed by atoms with Gasteiger partial charge in [-0.15, -0.1) is 11.3 Å². The lowest BCUT2D eigenvalue weighted by molar-refractivity contribution is 0.542. The van der Waals surface area contributed by atoms with Crippen molar-refractivity contribution in [1.29, 1.82) is 0 Å². The molecule has 4 atom stereocenters. The van der Waals surface area contributed by atoms with Crippen LogP contribution in [-0.4, -0.2) is 0 Å². The molecule has 1 aromatic heterocycles. The Hall–Kier alpha value is -1.08. The molecule has 0 bridgehead atoms. The number of fused-ring (bicyclic) bond motifs is 2. The molecule has 128 valence electrons. The van der Waals surface area contributed by atoms with Crippen molar-refractivity contribution in [3.8, 4) is 0 Å². The van der Waals surface area contributed by atoms with Crippen molar-refractivity contribution in [2.24, 2.45) is 0 Å². The Kier molecular flexibility index (Phi) is 8.05. The fourth-order valence-electron chi connectivity index (χ4n) is 3.26. The highest BCUT2D eigenvalue weighted by molar-refractivity contribution is 7.10. The summed E-state index contributed by atoms with van der Waals surface area (Å²) in [5.74, 6) is 3.23. The molecule has 0 fully saturated rings. The van der Waals surface area contributed by atoms with Gasteiger partial charge in [0.05, 0.1) is 0 Å². The minimum absolute atomic E-state index is 0.788. The molecule has 0 nitrogen and oxygen atoms in total. The zero-order valence-electron chi connectivity index (χ0n) is 16.2. The van der Waals surface area contributed by atoms with Crippen molar-refractivity contribution in [1.82, 2.24) is 0 Å². The molecule has 2 aliphatic rings. The average molecular weight is 331 g/mol. The van der Waals surface area contributed by atoms with Crippen molar-refractivity contribution in [3.63, 3.8) is 0 Å². The van der Waals surface area contributed by atoms with Crippen LogP contribution in [0.4, 0.5) is 0 Å². The Balaban J connectivity index is 0.000000190. The van der Waals surface area contributed by atoms with E-state index in [4.69, 9.17) is 0 Å². The molecular weight excluding hydrogens is 296 g/mol. The van der Waals surface area contributed by atoms with Crippen LogP contribution in [-0.2, 0) is 0 Å². The van der Waals surface area contributed by atoms with Gasteiger partial charge >= 0.3 is 0 Å². The summed E-state index contributed by atoms with van der Waals surface area (Å²) in [5, 5.41) is 2.20. The first kappa shape index (κ1) is 20.0. The molecule has 0 radical (unpaired) electrons. The maximum Gasteiger partial charge on any atom is 0.0114 e. The molecule has 1 heterocycles. The highest BCUT2D eigenvalue weighted by Gasteiger charge is 2.31. The summed E-state index contributed by atoms with van der Waals surface area (Å²) in [5.41, 5.74) is 4.69. The van der Waals surface area contributed by atoms with Gasteiger partial charge < -0.3 is 0 Å². The number of rotatable bonds is 0. The van der Waals surface area contributed by atoms with Crippen LogP contribution in [0, 0.1) is 0 Å². The molecule has 0 spiro atoms. The Morgan fingerprint density at radius 2 is 1.04 bits per heavy atom. The predicted octanol–water partition coefficient (Wildman–Crippen LogP) is 7.93. The molecule has 1 aromatic carbocycles. The molecule has 4 rings (SSSR count). The molecule has 0 amide bonds. The Bertz CT molecular complexity index is 532. The van der Waals surface area contributed by atoms with Gasteiger partial charge in [-0.05, 0) is 51.8 Å². The topological polar surface area (TPSA) is 0 Å². The van der Waals surface area contributed by atoms with Crippen LogP contribution in [0.3, 0.4) is 0 Å². The normalized spacial score (nSPS) is 25.4. The van der Waals surface area contributed by atoms with E-state index in [0.717, 1.165) is 23.7 Å². The summed E-state index contributed by atoms with van der Waals surface area (Å²) in [6.45, 7) is 17.2. The first-order chi connectivity index (χ1) is 11.1. The number of hydrogen-bond acceptors (Lipinski definition) is 1. The minimum Gasteiger partial charge on any atom is -0.148 e. The van der Waals surface area contributed by atoms with E-state index in [2.05, 4.69) is 63.4 Å². The molecule has 4 unspecified atom stereocenters. The predicted molar refractivity (Wildman–Crippen MR) is 107 cm³/mol. The van der Waals surface area contributed by atoms with E-state index in [1.54, 1.807) is 21.6 Å². The lowest BCUT2D eigenvalue weighted by atomic mass is 9.70. The molecule has 23 heavy (non-hydrogen) atoms. The third-order valence-corrected chi connectivity index (χ3v) is 6.24. The lowest BCUT2D eigenvalue weighted by Crippen LogP contribution is -2.18. The maximum absolute atomic E-state index is 2.31. The SMILES string of the molecule is CC.CC.CC1c2ccccc2C1C.CC1c2ccsc2C1C. The Morgan fingerprint density at radius 1 is 0.609 bits per heavy atom. The number of benzene rings is 1. The average Bonchev–Trinajstić information content (AvgIpc) is 3.10. The fourth-order valence-corrected chi connectivity index (χ4v) is 4.43. The monoisotopic (exact) mass is 330 g/mol. The summed E-state index contributed by atoms with van der Waals surface area (Å²) in [7, 11) is 0. The summed E-state index contributed by atoms with van der Waals surface area (Å²) < 4.78 is 0. The summed E-state index contributed by atoms with van der Waals surface area (Å²) in [4.78, 5) is 1.61. The third kappa shape index (κ3) is 3.88. The summed E-state index contributed by atoms with van der Waals surface area (Å²) >= 11 is 1.90. The molecule has 0 N–H and O–H groups in total. The van der Waals surface area contributed by atoms with Crippen LogP contribution in [0.15, 0.2) is 35.7 Å². The van der Waals surface area contributed by atoms with E-state index in [9.17, 15) is 0 Å². The van der Waals surface area contributed by atoms with Gasteiger partial charge in [0.2, 0.25) is 0 Å². The minimum atomic E-state index is 0.788. The van der Waals surface area contributed by atoms with E-state index in [1.165, 1.54) is 0 Å². The lowest BCUT2D eigenvalue weighted by Gasteiger charge is -2.34. The van der Waals surface area contributed by atoms with Crippen molar-refractivity contribution >= 4 is 11.3 Å². The summed E-state index contributed by atoms with van der Waals surface area (Å²) in [6, 6.07) is 11.0. The van der Waals surface area contributed by atoms with Crippen molar-refractivity contribution in [2.45, 2.75) is 79.1 Å². The van der Waals surface area contributed by atoms with Crippen LogP contribution < -0.4 is 0 Å². The largest absolute Gasteiger partial charge is 0.148 e. The van der Waals surface area contributed by atoms with Crippen LogP contribution in [0.2, 0.25) is 0 Å². The molecule has 2 aliphatic carbocycles. The van der Waals surface area contributed by atoms with E-state index < -0.39 is 0 Å². The molecule has 1 heteroatoms. The van der Waals surface area contributed by atoms with E-state index in [0.29, 0.717) is 0 Å². The highest BCUT2D eigenvalue weighted by atomic mass is 32.1. The van der Waals surface area contributed by atoms with Gasteiger partial charge in [-0.1, -0.05) is 79.7 Å². The van der Waals surface area contributed by atoms with E-state index >= 15 is 0 Å². The van der Waals surface area contributed by atoms with Crippen LogP contribution >= 0.6 is 11.3 Å². The zero-order chi connectivity index (χ0) is 17.6. The van der Waals surface area contributed by atoms with Gasteiger partial charge in [0.15, 0.2) is 0 Å². The standard InChI is InChI=1S/C10H12.C8H10S.2C2H6/c1-7-8(2)10-6-4-3-5-9(7)10;1-5-6(2)8-7(5)3-4-9-8;2*1-2/h3-8H,1-2H3;3-6H,1-2H3;2*1-2H3. The van der Waals surface area contributed by atoms with Crippen molar-refractivity contribution in [3.05, 3.63) is 57.3 Å². The van der Waals surface area contributed by atoms with Gasteiger partial charge in [0.1, 0.15) is 0 Å². The van der Waals surface area contributed by atoms with Crippen LogP contribution in [0.1, 0.15) is 101 Å². The van der Waals surface area contributed by atoms with Gasteiger partial charge in [0, 0.05) is 4.88 Å². The van der Waals surface area contributed by atoms with E-state index in [1.807, 2.05) is 39.0 Å². The van der Waals surface area contributed by atoms with Gasteiger partial charge in [-0.2, -0.15) is 0 Å². The first-order valence-electron chi connectivity index (χ1n) is 9.27. The molecule has 0 aliphatic heterocycles. The second-order valence-electron chi connectivity index (χ2n) is 6.02.